The molecule has 3 aliphatic rings. The molecule has 0 aromatic rings. The van der Waals surface area contributed by atoms with Crippen LogP contribution in [-0.4, -0.2) is 93.3 Å². The molecule has 1 heterocycles. The molecular weight excluding hydrogens is 656 g/mol. The molecule has 1 saturated heterocycles. The van der Waals surface area contributed by atoms with Crippen LogP contribution in [0, 0.1) is 11.8 Å². The van der Waals surface area contributed by atoms with Crippen LogP contribution in [0.2, 0.25) is 0 Å². The number of ether oxygens (including phenoxy) is 1. The Labute approximate surface area is 307 Å². The van der Waals surface area contributed by atoms with Crippen LogP contribution in [0.15, 0.2) is 76.3 Å². The van der Waals surface area contributed by atoms with Gasteiger partial charge in [0.05, 0.1) is 12.3 Å². The van der Waals surface area contributed by atoms with Gasteiger partial charge in [-0.2, -0.15) is 5.10 Å². The van der Waals surface area contributed by atoms with Crippen molar-refractivity contribution in [1.82, 2.24) is 20.1 Å². The molecule has 1 aliphatic heterocycles. The van der Waals surface area contributed by atoms with Crippen molar-refractivity contribution in [2.75, 3.05) is 54.0 Å². The standard InChI is InChI=1S/C20H31ClN4O.C12H25NO.C8H10F2/c1-5-18-13-19(7-6-8-20(18)21)25(22-16(2)23(3)4)14-17-9-11-24(15-26)12-10-17;1-3-11-6-4-5-7-12(10-11)13-8-9-14-2;1-3-8(10)6-4-5-7(2)9/h6-7,13,15,17H,5,8-12,14H2,1-4H3;11-13H,3-10H2,1-2H3;3-7H,1H2,2H3/b22-16-;;5-4-,8-6+. The van der Waals surface area contributed by atoms with E-state index in [0.29, 0.717) is 5.92 Å². The lowest BCUT2D eigenvalue weighted by Crippen LogP contribution is -2.37. The van der Waals surface area contributed by atoms with Crippen molar-refractivity contribution in [3.63, 3.8) is 0 Å². The molecule has 10 heteroatoms. The molecule has 50 heavy (non-hydrogen) atoms. The number of amidine groups is 1. The number of hydrogen-bond acceptors (Lipinski definition) is 5. The molecule has 2 fully saturated rings. The van der Waals surface area contributed by atoms with E-state index in [9.17, 15) is 13.6 Å². The fourth-order valence-corrected chi connectivity index (χ4v) is 6.16. The lowest BCUT2D eigenvalue weighted by molar-refractivity contribution is -0.119. The molecule has 284 valence electrons. The number of methoxy groups -OCH3 is 1. The first-order valence-corrected chi connectivity index (χ1v) is 18.8. The third kappa shape index (κ3) is 19.6. The number of carbonyl (C=O) groups excluding carboxylic acids is 1. The molecule has 3 rings (SSSR count). The minimum atomic E-state index is -1.03. The Morgan fingerprint density at radius 1 is 1.20 bits per heavy atom. The van der Waals surface area contributed by atoms with E-state index in [1.165, 1.54) is 63.2 Å². The molecular formula is C40H66ClF2N5O2. The van der Waals surface area contributed by atoms with E-state index in [1.807, 2.05) is 30.8 Å². The predicted octanol–water partition coefficient (Wildman–Crippen LogP) is 9.32. The summed E-state index contributed by atoms with van der Waals surface area (Å²) in [4.78, 5) is 14.8. The molecule has 0 spiro atoms. The number of allylic oxidation sites excluding steroid dienone is 10. The summed E-state index contributed by atoms with van der Waals surface area (Å²) >= 11 is 6.42. The van der Waals surface area contributed by atoms with E-state index >= 15 is 0 Å². The van der Waals surface area contributed by atoms with Gasteiger partial charge in [-0.15, -0.1) is 0 Å². The minimum absolute atomic E-state index is 0.461. The molecule has 3 unspecified atom stereocenters. The number of rotatable bonds is 14. The van der Waals surface area contributed by atoms with Crippen LogP contribution in [-0.2, 0) is 9.53 Å². The topological polar surface area (TPSA) is 60.4 Å². The molecule has 0 bridgehead atoms. The number of nitrogens with zero attached hydrogens (tertiary/aromatic N) is 4. The van der Waals surface area contributed by atoms with E-state index in [-0.39, 0.29) is 0 Å². The van der Waals surface area contributed by atoms with Gasteiger partial charge in [0.25, 0.3) is 0 Å². The number of likely N-dealkylation sites (tertiary alicyclic amines) is 1. The maximum absolute atomic E-state index is 12.2. The van der Waals surface area contributed by atoms with Crippen LogP contribution in [0.25, 0.3) is 0 Å². The van der Waals surface area contributed by atoms with Crippen LogP contribution in [0.4, 0.5) is 8.78 Å². The second-order valence-corrected chi connectivity index (χ2v) is 13.9. The molecule has 3 atom stereocenters. The van der Waals surface area contributed by atoms with Gasteiger partial charge < -0.3 is 19.9 Å². The highest BCUT2D eigenvalue weighted by Gasteiger charge is 2.22. The first-order valence-electron chi connectivity index (χ1n) is 18.5. The number of carbonyl (C=O) groups is 1. The van der Waals surface area contributed by atoms with Crippen LogP contribution in [0.3, 0.4) is 0 Å². The molecule has 1 N–H and O–H groups in total. The second-order valence-electron chi connectivity index (χ2n) is 13.4. The van der Waals surface area contributed by atoms with Gasteiger partial charge in [-0.05, 0) is 87.7 Å². The molecule has 0 aromatic carbocycles. The number of halogens is 3. The normalized spacial score (nSPS) is 21.2. The second kappa shape index (κ2) is 27.0. The van der Waals surface area contributed by atoms with E-state index < -0.39 is 12.0 Å². The Hall–Kier alpha value is -2.75. The van der Waals surface area contributed by atoms with Crippen LogP contribution >= 0.6 is 11.6 Å². The highest BCUT2D eigenvalue weighted by Crippen LogP contribution is 2.28. The van der Waals surface area contributed by atoms with Gasteiger partial charge in [0.1, 0.15) is 17.8 Å². The molecule has 0 aromatic heterocycles. The van der Waals surface area contributed by atoms with Crippen molar-refractivity contribution < 1.29 is 18.3 Å². The number of alkyl halides is 1. The van der Waals surface area contributed by atoms with Gasteiger partial charge in [0, 0.05) is 64.9 Å². The summed E-state index contributed by atoms with van der Waals surface area (Å²) in [5, 5.41) is 11.5. The third-order valence-corrected chi connectivity index (χ3v) is 9.65. The molecule has 7 nitrogen and oxygen atoms in total. The fourth-order valence-electron chi connectivity index (χ4n) is 5.88. The van der Waals surface area contributed by atoms with Crippen LogP contribution in [0.1, 0.15) is 91.9 Å². The van der Waals surface area contributed by atoms with E-state index in [4.69, 9.17) is 21.4 Å². The Kier molecular flexibility index (Phi) is 24.4. The molecule has 1 saturated carbocycles. The monoisotopic (exact) mass is 721 g/mol. The molecule has 0 radical (unpaired) electrons. The smallest absolute Gasteiger partial charge is 0.209 e. The minimum Gasteiger partial charge on any atom is -0.383 e. The van der Waals surface area contributed by atoms with E-state index in [1.54, 1.807) is 7.11 Å². The van der Waals surface area contributed by atoms with Crippen molar-refractivity contribution in [3.05, 3.63) is 71.2 Å². The van der Waals surface area contributed by atoms with E-state index in [2.05, 4.69) is 49.0 Å². The Balaban J connectivity index is 0.000000435. The van der Waals surface area contributed by atoms with Crippen LogP contribution in [0.5, 0.6) is 0 Å². The summed E-state index contributed by atoms with van der Waals surface area (Å²) in [6.45, 7) is 15.4. The third-order valence-electron chi connectivity index (χ3n) is 9.25. The zero-order valence-electron chi connectivity index (χ0n) is 32.0. The average molecular weight is 722 g/mol. The summed E-state index contributed by atoms with van der Waals surface area (Å²) in [7, 11) is 5.78. The Bertz CT molecular complexity index is 1160. The predicted molar refractivity (Wildman–Crippen MR) is 209 cm³/mol. The number of amides is 1. The van der Waals surface area contributed by atoms with Gasteiger partial charge in [0.15, 0.2) is 0 Å². The highest BCUT2D eigenvalue weighted by molar-refractivity contribution is 6.30. The van der Waals surface area contributed by atoms with Crippen molar-refractivity contribution in [2.45, 2.75) is 104 Å². The maximum atomic E-state index is 12.2. The summed E-state index contributed by atoms with van der Waals surface area (Å²) in [6.07, 6.45) is 23.2. The molecule has 2 aliphatic carbocycles. The van der Waals surface area contributed by atoms with Crippen LogP contribution < -0.4 is 5.32 Å². The van der Waals surface area contributed by atoms with Gasteiger partial charge in [-0.1, -0.05) is 75.9 Å². The van der Waals surface area contributed by atoms with Crippen molar-refractivity contribution in [1.29, 1.82) is 0 Å². The first kappa shape index (κ1) is 45.3. The Morgan fingerprint density at radius 2 is 1.90 bits per heavy atom. The highest BCUT2D eigenvalue weighted by atomic mass is 35.5. The summed E-state index contributed by atoms with van der Waals surface area (Å²) in [6, 6.07) is 0.748. The summed E-state index contributed by atoms with van der Waals surface area (Å²) < 4.78 is 29.2. The van der Waals surface area contributed by atoms with Gasteiger partial charge in [-0.3, -0.25) is 9.80 Å². The zero-order valence-corrected chi connectivity index (χ0v) is 32.7. The maximum Gasteiger partial charge on any atom is 0.209 e. The quantitative estimate of drug-likeness (QED) is 0.0369. The Morgan fingerprint density at radius 3 is 2.48 bits per heavy atom. The summed E-state index contributed by atoms with van der Waals surface area (Å²) in [5.41, 5.74) is 2.25. The fraction of sp³-hybridized carbons (Fsp3) is 0.650. The van der Waals surface area contributed by atoms with Crippen molar-refractivity contribution in [3.8, 4) is 0 Å². The van der Waals surface area contributed by atoms with Gasteiger partial charge in [-0.25, -0.2) is 8.78 Å². The van der Waals surface area contributed by atoms with Gasteiger partial charge in [0.2, 0.25) is 6.41 Å². The lowest BCUT2D eigenvalue weighted by Gasteiger charge is -2.33. The number of hydrazone groups is 1. The number of hydrogen-bond donors (Lipinski definition) is 1. The summed E-state index contributed by atoms with van der Waals surface area (Å²) in [5.74, 6) is 1.98. The lowest BCUT2D eigenvalue weighted by atomic mass is 9.95. The average Bonchev–Trinajstić information content (AvgIpc) is 3.46. The van der Waals surface area contributed by atoms with Crippen molar-refractivity contribution in [2.24, 2.45) is 16.9 Å². The number of nitrogens with one attached hydrogen (secondary N) is 1. The van der Waals surface area contributed by atoms with Crippen molar-refractivity contribution >= 4 is 23.8 Å². The van der Waals surface area contributed by atoms with E-state index in [0.717, 1.165) is 106 Å². The largest absolute Gasteiger partial charge is 0.383 e. The zero-order chi connectivity index (χ0) is 37.3. The van der Waals surface area contributed by atoms with Gasteiger partial charge >= 0.3 is 0 Å². The number of piperidine rings is 1. The first-order chi connectivity index (χ1) is 24.0. The molecule has 1 amide bonds. The SMILES string of the molecule is C=C/C(F)=C\C=C/C(C)F.CCC1=C(Cl)CC=CC(N(CC2CCN(C=O)CC2)/N=C(/C)N(C)C)=C1.CCC1CCCCC(NCCOC)C1.